The Labute approximate surface area is 795 Å². The smallest absolute Gasteiger partial charge is 0.331 e. The van der Waals surface area contributed by atoms with E-state index >= 15 is 4.79 Å². The van der Waals surface area contributed by atoms with Crippen LogP contribution in [0.1, 0.15) is 139 Å². The van der Waals surface area contributed by atoms with Gasteiger partial charge in [0, 0.05) is 6.08 Å². The van der Waals surface area contributed by atoms with Crippen LogP contribution in [0.25, 0.3) is 6.08 Å². The normalized spacial score (nSPS) is 50.8. The predicted octanol–water partition coefficient (Wildman–Crippen LogP) is -6.57. The summed E-state index contributed by atoms with van der Waals surface area (Å²) in [5, 5.41) is 268. The summed E-state index contributed by atoms with van der Waals surface area (Å²) in [4.78, 5) is 28.4. The van der Waals surface area contributed by atoms with Crippen molar-refractivity contribution in [3.63, 3.8) is 0 Å². The van der Waals surface area contributed by atoms with Gasteiger partial charge in [0.05, 0.1) is 76.6 Å². The first-order valence-corrected chi connectivity index (χ1v) is 47.6. The quantitative estimate of drug-likeness (QED) is 0.0177. The number of allylic oxidation sites excluding steroid dienone is 2. The lowest BCUT2D eigenvalue weighted by Crippen LogP contribution is -2.67. The van der Waals surface area contributed by atoms with E-state index in [4.69, 9.17) is 94.7 Å². The number of aliphatic hydroxyl groups excluding tert-OH is 23. The Kier molecular flexibility index (Phi) is 33.2. The van der Waals surface area contributed by atoms with Gasteiger partial charge in [-0.2, -0.15) is 0 Å². The molecule has 786 valence electrons. The minimum atomic E-state index is -2.14. The Bertz CT molecular complexity index is 4300. The fourth-order valence-electron chi connectivity index (χ4n) is 24.2. The average molecular weight is 1980 g/mol. The van der Waals surface area contributed by atoms with Crippen LogP contribution in [0, 0.1) is 50.2 Å². The lowest BCUT2D eigenvalue weighted by atomic mass is 9.33. The number of aromatic hydroxyl groups is 1. The minimum Gasteiger partial charge on any atom is -0.504 e. The molecule has 5 aliphatic carbocycles. The summed E-state index contributed by atoms with van der Waals surface area (Å²) in [7, 11) is 1.35. The molecule has 9 heterocycles. The maximum Gasteiger partial charge on any atom is 0.331 e. The number of esters is 2. The Balaban J connectivity index is 0.546. The zero-order valence-electron chi connectivity index (χ0n) is 78.6. The van der Waals surface area contributed by atoms with Crippen LogP contribution >= 0.6 is 0 Å². The van der Waals surface area contributed by atoms with E-state index in [0.717, 1.165) is 24.5 Å². The Hall–Kier alpha value is -4.36. The van der Waals surface area contributed by atoms with Crippen molar-refractivity contribution < 1.29 is 227 Å². The second-order valence-electron chi connectivity index (χ2n) is 42.1. The van der Waals surface area contributed by atoms with E-state index in [9.17, 15) is 127 Å². The summed E-state index contributed by atoms with van der Waals surface area (Å²) < 4.78 is 118. The van der Waals surface area contributed by atoms with E-state index in [0.29, 0.717) is 56.9 Å². The maximum atomic E-state index is 15.5. The second-order valence-corrected chi connectivity index (χ2v) is 42.1. The van der Waals surface area contributed by atoms with Crippen molar-refractivity contribution >= 4 is 18.0 Å². The highest BCUT2D eigenvalue weighted by molar-refractivity contribution is 5.87. The van der Waals surface area contributed by atoms with Crippen molar-refractivity contribution in [1.82, 2.24) is 0 Å². The third-order valence-corrected chi connectivity index (χ3v) is 32.9. The van der Waals surface area contributed by atoms with Crippen LogP contribution in [-0.2, 0) is 99.6 Å². The lowest BCUT2D eigenvalue weighted by molar-refractivity contribution is -0.387. The molecule has 13 fully saturated rings. The lowest BCUT2D eigenvalue weighted by Gasteiger charge is -2.71. The third kappa shape index (κ3) is 20.3. The molecule has 4 saturated carbocycles. The van der Waals surface area contributed by atoms with Crippen molar-refractivity contribution in [2.45, 2.75) is 404 Å². The van der Waals surface area contributed by atoms with Gasteiger partial charge < -0.3 is 217 Å². The molecule has 9 saturated heterocycles. The number of hydrogen-bond acceptors (Lipinski definition) is 46. The van der Waals surface area contributed by atoms with Gasteiger partial charge in [0.15, 0.2) is 67.9 Å². The molecule has 24 N–H and O–H groups in total. The van der Waals surface area contributed by atoms with Gasteiger partial charge >= 0.3 is 11.9 Å². The van der Waals surface area contributed by atoms with Gasteiger partial charge in [0.25, 0.3) is 0 Å². The summed E-state index contributed by atoms with van der Waals surface area (Å²) in [6.07, 6.45) is -65.1. The fourth-order valence-corrected chi connectivity index (χ4v) is 24.2. The number of rotatable bonds is 26. The van der Waals surface area contributed by atoms with Crippen molar-refractivity contribution in [2.75, 3.05) is 46.8 Å². The molecule has 1 aromatic rings. The number of methoxy groups -OCH3 is 1. The molecule has 138 heavy (non-hydrogen) atoms. The first-order chi connectivity index (χ1) is 65.0. The maximum absolute atomic E-state index is 15.5. The van der Waals surface area contributed by atoms with E-state index in [1.807, 2.05) is 0 Å². The summed E-state index contributed by atoms with van der Waals surface area (Å²) in [5.74, 6) is -1.95. The molecule has 46 heteroatoms. The minimum absolute atomic E-state index is 0.0147. The van der Waals surface area contributed by atoms with Gasteiger partial charge in [-0.25, -0.2) is 4.79 Å². The van der Waals surface area contributed by atoms with E-state index < -0.39 is 338 Å². The van der Waals surface area contributed by atoms with E-state index in [1.54, 1.807) is 0 Å². The predicted molar refractivity (Wildman–Crippen MR) is 457 cm³/mol. The number of aliphatic hydroxyl groups is 23. The van der Waals surface area contributed by atoms with Gasteiger partial charge in [-0.05, 0) is 154 Å². The summed E-state index contributed by atoms with van der Waals surface area (Å²) in [5.41, 5.74) is -1.58. The molecule has 0 unspecified atom stereocenters. The summed E-state index contributed by atoms with van der Waals surface area (Å²) in [6.45, 7) is 15.5. The molecule has 1 aromatic carbocycles. The van der Waals surface area contributed by atoms with Crippen molar-refractivity contribution in [3.8, 4) is 11.5 Å². The van der Waals surface area contributed by atoms with E-state index in [-0.39, 0.29) is 45.5 Å². The van der Waals surface area contributed by atoms with Gasteiger partial charge in [-0.15, -0.1) is 0 Å². The number of phenols is 1. The molecule has 0 spiro atoms. The van der Waals surface area contributed by atoms with Crippen LogP contribution in [0.15, 0.2) is 35.9 Å². The molecule has 0 radical (unpaired) electrons. The molecule has 0 amide bonds. The van der Waals surface area contributed by atoms with Crippen molar-refractivity contribution in [3.05, 3.63) is 41.5 Å². The average Bonchev–Trinajstić information content (AvgIpc) is 0.672. The van der Waals surface area contributed by atoms with E-state index in [2.05, 4.69) is 54.5 Å². The summed E-state index contributed by atoms with van der Waals surface area (Å²) >= 11 is 0. The number of carbonyl (C=O) groups is 2. The SMILES string of the molecule is COc1ccc(/C=C/C(=O)O[C@@H]2[C@@H](O)[C@H](C)O[C@@H](OC[C@H]3O[C@@H](O[C@H]4[C@H](O)[C@@H](O)[C@H](O[C@@H]5CO[C@@H](O[C@@H]6[C@@H](O)[C@H](C)O[C@@H](O[C@H]7[C@H](O[C@H]8CC[C@@]9(C)[C@H](CC[C@]%10(C)[C@H]9CC=C9[C@@H]%11CC(C)(C)CC[C@]%11(C(=O)O[C@@H]%11O[C@H](CO[C@@H]%12O[C@H](CO)[C@@H](O[C@@H]%13O[C@@H](C)[C@H](O)[C@@H](O)[C@H]%13O)[C@H](O)[C@H]%12O)[C@@H](O)[C@H](O)[C@H]%11O)CC[C@]9%10C)C8(C)C)OC[C@H](O)[C@@H]7O)[C@@H]6O)[C@H](O)[C@@H]5O)O[C@@H]4CO)[C@H](O)[C@H](O)[C@@H]3O)[C@@H]2O)cc1O. The van der Waals surface area contributed by atoms with Crippen LogP contribution in [0.5, 0.6) is 11.5 Å². The van der Waals surface area contributed by atoms with Crippen molar-refractivity contribution in [1.29, 1.82) is 0 Å². The first kappa shape index (κ1) is 108. The van der Waals surface area contributed by atoms with E-state index in [1.165, 1.54) is 52.2 Å². The van der Waals surface area contributed by atoms with Crippen LogP contribution in [-0.4, -0.2) is 451 Å². The molecule has 0 aromatic heterocycles. The Morgan fingerprint density at radius 3 is 1.54 bits per heavy atom. The van der Waals surface area contributed by atoms with Gasteiger partial charge in [-0.3, -0.25) is 4.79 Å². The Morgan fingerprint density at radius 2 is 0.928 bits per heavy atom. The van der Waals surface area contributed by atoms with Crippen LogP contribution < -0.4 is 4.74 Å². The second kappa shape index (κ2) is 42.5. The molecule has 51 atom stereocenters. The van der Waals surface area contributed by atoms with Crippen LogP contribution in [0.2, 0.25) is 0 Å². The molecule has 9 aliphatic heterocycles. The standard InChI is InChI=1S/C92H142O46/c1-34-52(98)59(105)65(111)80(125-34)134-72-43(28-93)127-77(68(114)62(72)108)121-31-46-57(103)61(107)67(113)83(131-46)138-86(118)92-24-22-87(4,5)27-39(92)38-14-16-49-89(8)20-19-50(88(6,7)48(89)18-21-91(49,10)90(38,9)23-25-92)132-85-76(55(101)41(96)30-120-85)137-84-71(117)75(54(100)36(3)126-84)136-78-64(110)58(104)47(33-122-78)129-81-69(115)63(109)73(44(29-94)128-81)135-82-66(112)60(106)56(102)45(130-82)32-123-79-70(116)74(53(99)35(2)124-79)133-51(97)17-13-37-12-15-42(119-11)40(95)26-37/h12-15,17,26,34-36,39,41,43-50,52-85,93-96,98-117H,16,18-25,27-33H2,1-11H3/b17-13+/t34-,35-,36-,39-,41-,43+,44+,45+,46+,47+,48+,49-,50-,52-,53-,54-,55-,56+,57+,58+,59+,60+,61-,62+,63+,64+,65+,66+,67+,68+,69+,70+,71+,72+,73+,74+,75+,76+,77+,78-,79+,80-,81-,82-,83-,84-,85-,89-,90+,91+,92-/m0/s1. The highest BCUT2D eigenvalue weighted by atomic mass is 16.8. The Morgan fingerprint density at radius 1 is 0.435 bits per heavy atom. The zero-order valence-corrected chi connectivity index (χ0v) is 78.6. The molecular formula is C92H142O46. The number of hydrogen-bond donors (Lipinski definition) is 24. The molecule has 15 rings (SSSR count). The largest absolute Gasteiger partial charge is 0.504 e. The van der Waals surface area contributed by atoms with Crippen LogP contribution in [0.4, 0.5) is 0 Å². The third-order valence-electron chi connectivity index (χ3n) is 32.9. The molecular weight excluding hydrogens is 1840 g/mol. The van der Waals surface area contributed by atoms with Crippen LogP contribution in [0.3, 0.4) is 0 Å². The number of carbonyl (C=O) groups excluding carboxylic acids is 2. The van der Waals surface area contributed by atoms with Gasteiger partial charge in [0.2, 0.25) is 6.29 Å². The number of fused-ring (bicyclic) bond motifs is 7. The topological polar surface area (TPSA) is 704 Å². The number of phenolic OH excluding ortho intramolecular Hbond substituents is 1. The zero-order chi connectivity index (χ0) is 100. The fraction of sp³-hybridized carbons (Fsp3) is 0.870. The highest BCUT2D eigenvalue weighted by Crippen LogP contribution is 2.76. The first-order valence-electron chi connectivity index (χ1n) is 47.6. The van der Waals surface area contributed by atoms with Gasteiger partial charge in [-0.1, -0.05) is 66.2 Å². The monoisotopic (exact) mass is 1980 g/mol. The number of ether oxygens (including phenoxy) is 20. The van der Waals surface area contributed by atoms with Crippen molar-refractivity contribution in [2.24, 2.45) is 50.2 Å². The molecule has 46 nitrogen and oxygen atoms in total. The highest BCUT2D eigenvalue weighted by Gasteiger charge is 2.71. The molecule has 0 bridgehead atoms. The summed E-state index contributed by atoms with van der Waals surface area (Å²) in [6, 6.07) is 4.29. The molecule has 14 aliphatic rings. The number of benzene rings is 1. The van der Waals surface area contributed by atoms with Gasteiger partial charge in [0.1, 0.15) is 183 Å².